The van der Waals surface area contributed by atoms with Crippen LogP contribution in [0.25, 0.3) is 11.1 Å². The van der Waals surface area contributed by atoms with Gasteiger partial charge in [0.15, 0.2) is 0 Å². The summed E-state index contributed by atoms with van der Waals surface area (Å²) < 4.78 is 54.4. The molecule has 0 aromatic heterocycles. The number of hydrogen-bond acceptors (Lipinski definition) is 2. The summed E-state index contributed by atoms with van der Waals surface area (Å²) in [5.74, 6) is -1.37. The van der Waals surface area contributed by atoms with Crippen LogP contribution in [0.4, 0.5) is 17.6 Å². The molecule has 0 atom stereocenters. The van der Waals surface area contributed by atoms with Crippen LogP contribution in [0, 0.1) is 17.1 Å². The van der Waals surface area contributed by atoms with E-state index in [4.69, 9.17) is 16.9 Å². The van der Waals surface area contributed by atoms with E-state index in [0.29, 0.717) is 0 Å². The van der Waals surface area contributed by atoms with Crippen molar-refractivity contribution < 1.29 is 22.3 Å². The van der Waals surface area contributed by atoms with Crippen molar-refractivity contribution in [1.29, 1.82) is 5.26 Å². The van der Waals surface area contributed by atoms with E-state index in [-0.39, 0.29) is 21.7 Å². The fourth-order valence-electron chi connectivity index (χ4n) is 1.75. The van der Waals surface area contributed by atoms with E-state index in [1.807, 2.05) is 0 Å². The van der Waals surface area contributed by atoms with E-state index >= 15 is 0 Å². The lowest BCUT2D eigenvalue weighted by Crippen LogP contribution is -2.17. The standard InChI is InChI=1S/C14H6ClF4NO/c15-12-3-1-2-10(13(12)16)11-6-9(21-14(17,18)19)5-4-8(11)7-20/h1-6H. The summed E-state index contributed by atoms with van der Waals surface area (Å²) in [4.78, 5) is 0. The third-order valence-corrected chi connectivity index (χ3v) is 2.88. The number of rotatable bonds is 2. The molecular formula is C14H6ClF4NO. The van der Waals surface area contributed by atoms with Crippen LogP contribution in [-0.4, -0.2) is 6.36 Å². The molecule has 0 unspecified atom stereocenters. The average Bonchev–Trinajstić information content (AvgIpc) is 2.40. The van der Waals surface area contributed by atoms with Gasteiger partial charge in [-0.3, -0.25) is 0 Å². The summed E-state index contributed by atoms with van der Waals surface area (Å²) in [6, 6.07) is 8.87. The lowest BCUT2D eigenvalue weighted by molar-refractivity contribution is -0.274. The molecule has 0 saturated carbocycles. The summed E-state index contributed by atoms with van der Waals surface area (Å²) in [6.07, 6.45) is -4.88. The van der Waals surface area contributed by atoms with Crippen LogP contribution < -0.4 is 4.74 Å². The number of alkyl halides is 3. The second-order valence-electron chi connectivity index (χ2n) is 3.97. The largest absolute Gasteiger partial charge is 0.573 e. The first-order chi connectivity index (χ1) is 9.81. The predicted octanol–water partition coefficient (Wildman–Crippen LogP) is 4.92. The van der Waals surface area contributed by atoms with Crippen molar-refractivity contribution in [3.8, 4) is 22.9 Å². The highest BCUT2D eigenvalue weighted by Gasteiger charge is 2.31. The van der Waals surface area contributed by atoms with E-state index in [9.17, 15) is 17.6 Å². The monoisotopic (exact) mass is 315 g/mol. The first kappa shape index (κ1) is 15.1. The van der Waals surface area contributed by atoms with Crippen molar-refractivity contribution in [2.24, 2.45) is 0 Å². The zero-order valence-electron chi connectivity index (χ0n) is 10.2. The Morgan fingerprint density at radius 1 is 1.10 bits per heavy atom. The molecule has 0 aliphatic rings. The molecule has 0 radical (unpaired) electrons. The molecule has 21 heavy (non-hydrogen) atoms. The maximum Gasteiger partial charge on any atom is 0.573 e. The summed E-state index contributed by atoms with van der Waals surface area (Å²) >= 11 is 5.64. The van der Waals surface area contributed by atoms with Crippen molar-refractivity contribution in [2.75, 3.05) is 0 Å². The maximum atomic E-state index is 14.0. The number of benzene rings is 2. The van der Waals surface area contributed by atoms with Gasteiger partial charge in [-0.05, 0) is 24.3 Å². The Balaban J connectivity index is 2.58. The summed E-state index contributed by atoms with van der Waals surface area (Å²) in [7, 11) is 0. The van der Waals surface area contributed by atoms with Crippen molar-refractivity contribution in [3.63, 3.8) is 0 Å². The third kappa shape index (κ3) is 3.44. The molecule has 0 amide bonds. The van der Waals surface area contributed by atoms with Gasteiger partial charge in [-0.1, -0.05) is 23.7 Å². The molecule has 0 aliphatic carbocycles. The predicted molar refractivity (Wildman–Crippen MR) is 68.2 cm³/mol. The molecule has 7 heteroatoms. The van der Waals surface area contributed by atoms with E-state index in [2.05, 4.69) is 4.74 Å². The Bertz CT molecular complexity index is 722. The Kier molecular flexibility index (Phi) is 4.05. The van der Waals surface area contributed by atoms with Crippen molar-refractivity contribution in [2.45, 2.75) is 6.36 Å². The van der Waals surface area contributed by atoms with Crippen LogP contribution in [0.1, 0.15) is 5.56 Å². The molecule has 0 bridgehead atoms. The van der Waals surface area contributed by atoms with Gasteiger partial charge >= 0.3 is 6.36 Å². The van der Waals surface area contributed by atoms with Crippen LogP contribution in [0.3, 0.4) is 0 Å². The number of halogens is 5. The molecule has 2 aromatic carbocycles. The molecular weight excluding hydrogens is 310 g/mol. The number of nitrogens with zero attached hydrogens (tertiary/aromatic N) is 1. The molecule has 0 heterocycles. The minimum Gasteiger partial charge on any atom is -0.406 e. The quantitative estimate of drug-likeness (QED) is 0.737. The Morgan fingerprint density at radius 3 is 2.43 bits per heavy atom. The van der Waals surface area contributed by atoms with E-state index < -0.39 is 17.9 Å². The van der Waals surface area contributed by atoms with Crippen LogP contribution in [-0.2, 0) is 0 Å². The molecule has 0 fully saturated rings. The van der Waals surface area contributed by atoms with E-state index in [1.54, 1.807) is 6.07 Å². The van der Waals surface area contributed by atoms with Gasteiger partial charge in [-0.15, -0.1) is 13.2 Å². The molecule has 108 valence electrons. The Hall–Kier alpha value is -2.26. The van der Waals surface area contributed by atoms with Gasteiger partial charge in [-0.2, -0.15) is 5.26 Å². The second kappa shape index (κ2) is 5.62. The topological polar surface area (TPSA) is 33.0 Å². The molecule has 2 aromatic rings. The van der Waals surface area contributed by atoms with Crippen molar-refractivity contribution >= 4 is 11.6 Å². The smallest absolute Gasteiger partial charge is 0.406 e. The molecule has 0 spiro atoms. The minimum absolute atomic E-state index is 0.00527. The van der Waals surface area contributed by atoms with Crippen LogP contribution >= 0.6 is 11.6 Å². The minimum atomic E-state index is -4.88. The number of nitriles is 1. The molecule has 2 nitrogen and oxygen atoms in total. The highest BCUT2D eigenvalue weighted by atomic mass is 35.5. The van der Waals surface area contributed by atoms with Crippen LogP contribution in [0.2, 0.25) is 5.02 Å². The van der Waals surface area contributed by atoms with Gasteiger partial charge < -0.3 is 4.74 Å². The Morgan fingerprint density at radius 2 is 1.81 bits per heavy atom. The van der Waals surface area contributed by atoms with Crippen molar-refractivity contribution in [1.82, 2.24) is 0 Å². The average molecular weight is 316 g/mol. The first-order valence-corrected chi connectivity index (χ1v) is 5.94. The zero-order valence-corrected chi connectivity index (χ0v) is 11.0. The molecule has 0 N–H and O–H groups in total. The summed E-state index contributed by atoms with van der Waals surface area (Å²) in [5, 5.41) is 8.80. The van der Waals surface area contributed by atoms with Gasteiger partial charge in [0.05, 0.1) is 16.7 Å². The van der Waals surface area contributed by atoms with E-state index in [1.165, 1.54) is 18.2 Å². The van der Waals surface area contributed by atoms with Crippen molar-refractivity contribution in [3.05, 3.63) is 52.8 Å². The molecule has 0 aliphatic heterocycles. The lowest BCUT2D eigenvalue weighted by atomic mass is 9.99. The first-order valence-electron chi connectivity index (χ1n) is 5.56. The van der Waals surface area contributed by atoms with Crippen LogP contribution in [0.5, 0.6) is 5.75 Å². The molecule has 0 saturated heterocycles. The van der Waals surface area contributed by atoms with Gasteiger partial charge in [-0.25, -0.2) is 4.39 Å². The highest BCUT2D eigenvalue weighted by molar-refractivity contribution is 6.31. The lowest BCUT2D eigenvalue weighted by Gasteiger charge is -2.12. The van der Waals surface area contributed by atoms with Gasteiger partial charge in [0, 0.05) is 11.1 Å². The molecule has 2 rings (SSSR count). The normalized spacial score (nSPS) is 11.0. The zero-order chi connectivity index (χ0) is 15.6. The maximum absolute atomic E-state index is 14.0. The Labute approximate surface area is 122 Å². The second-order valence-corrected chi connectivity index (χ2v) is 4.38. The number of ether oxygens (including phenoxy) is 1. The van der Waals surface area contributed by atoms with Crippen LogP contribution in [0.15, 0.2) is 36.4 Å². The highest BCUT2D eigenvalue weighted by Crippen LogP contribution is 2.33. The van der Waals surface area contributed by atoms with Gasteiger partial charge in [0.25, 0.3) is 0 Å². The summed E-state index contributed by atoms with van der Waals surface area (Å²) in [5.41, 5.74) is -0.100. The fourth-order valence-corrected chi connectivity index (χ4v) is 1.93. The van der Waals surface area contributed by atoms with Gasteiger partial charge in [0.1, 0.15) is 11.6 Å². The number of hydrogen-bond donors (Lipinski definition) is 0. The summed E-state index contributed by atoms with van der Waals surface area (Å²) in [6.45, 7) is 0. The third-order valence-electron chi connectivity index (χ3n) is 2.59. The SMILES string of the molecule is N#Cc1ccc(OC(F)(F)F)cc1-c1cccc(Cl)c1F. The van der Waals surface area contributed by atoms with E-state index in [0.717, 1.165) is 18.2 Å². The van der Waals surface area contributed by atoms with Gasteiger partial charge in [0.2, 0.25) is 0 Å². The fraction of sp³-hybridized carbons (Fsp3) is 0.0714.